The van der Waals surface area contributed by atoms with Crippen molar-refractivity contribution < 1.29 is 9.53 Å². The van der Waals surface area contributed by atoms with Crippen molar-refractivity contribution in [1.29, 1.82) is 0 Å². The van der Waals surface area contributed by atoms with Crippen LogP contribution in [0.2, 0.25) is 0 Å². The van der Waals surface area contributed by atoms with Crippen LogP contribution in [-0.2, 0) is 0 Å². The highest BCUT2D eigenvalue weighted by Gasteiger charge is 2.51. The number of hydrogen-bond acceptors (Lipinski definition) is 4. The molecule has 2 fully saturated rings. The number of piperidine rings is 1. The number of likely N-dealkylation sites (tertiary alicyclic amines) is 2. The molecular formula is C17H26N4O2. The van der Waals surface area contributed by atoms with Crippen LogP contribution in [0.15, 0.2) is 24.4 Å². The fraction of sp³-hybridized carbons (Fsp3) is 0.647. The molecule has 23 heavy (non-hydrogen) atoms. The molecule has 0 radical (unpaired) electrons. The Morgan fingerprint density at radius 3 is 2.87 bits per heavy atom. The highest BCUT2D eigenvalue weighted by molar-refractivity contribution is 5.75. The molecule has 0 aromatic carbocycles. The third kappa shape index (κ3) is 3.27. The molecule has 1 atom stereocenters. The fourth-order valence-electron chi connectivity index (χ4n) is 3.64. The second-order valence-electron chi connectivity index (χ2n) is 7.02. The summed E-state index contributed by atoms with van der Waals surface area (Å²) in [4.78, 5) is 22.3. The van der Waals surface area contributed by atoms with Crippen molar-refractivity contribution >= 4 is 6.03 Å². The lowest BCUT2D eigenvalue weighted by molar-refractivity contribution is -0.0679. The average molecular weight is 318 g/mol. The first kappa shape index (κ1) is 16.1. The Balaban J connectivity index is 1.55. The van der Waals surface area contributed by atoms with E-state index in [-0.39, 0.29) is 11.6 Å². The van der Waals surface area contributed by atoms with Gasteiger partial charge in [0.25, 0.3) is 0 Å². The summed E-state index contributed by atoms with van der Waals surface area (Å²) >= 11 is 0. The lowest BCUT2D eigenvalue weighted by Crippen LogP contribution is -2.73. The van der Waals surface area contributed by atoms with Gasteiger partial charge in [-0.25, -0.2) is 9.78 Å². The molecule has 0 aliphatic carbocycles. The smallest absolute Gasteiger partial charge is 0.319 e. The molecule has 6 heteroatoms. The second-order valence-corrected chi connectivity index (χ2v) is 7.02. The zero-order valence-corrected chi connectivity index (χ0v) is 14.2. The third-order valence-corrected chi connectivity index (χ3v) is 5.08. The molecule has 1 unspecified atom stereocenters. The van der Waals surface area contributed by atoms with Gasteiger partial charge in [0.05, 0.1) is 12.1 Å². The van der Waals surface area contributed by atoms with Crippen molar-refractivity contribution in [1.82, 2.24) is 19.7 Å². The Morgan fingerprint density at radius 1 is 1.43 bits per heavy atom. The summed E-state index contributed by atoms with van der Waals surface area (Å²) in [6.07, 6.45) is 3.96. The number of carbonyl (C=O) groups is 1. The van der Waals surface area contributed by atoms with Gasteiger partial charge >= 0.3 is 6.03 Å². The van der Waals surface area contributed by atoms with Crippen LogP contribution in [0.3, 0.4) is 0 Å². The number of pyridine rings is 1. The maximum atomic E-state index is 12.1. The Kier molecular flexibility index (Phi) is 4.43. The first-order valence-corrected chi connectivity index (χ1v) is 8.21. The van der Waals surface area contributed by atoms with Crippen molar-refractivity contribution in [2.24, 2.45) is 5.92 Å². The van der Waals surface area contributed by atoms with Gasteiger partial charge in [-0.3, -0.25) is 4.90 Å². The molecule has 2 amide bonds. The summed E-state index contributed by atoms with van der Waals surface area (Å²) in [5.74, 6) is 1.21. The van der Waals surface area contributed by atoms with Crippen molar-refractivity contribution in [3.05, 3.63) is 24.4 Å². The van der Waals surface area contributed by atoms with Crippen LogP contribution >= 0.6 is 0 Å². The molecule has 0 bridgehead atoms. The van der Waals surface area contributed by atoms with Gasteiger partial charge in [0.1, 0.15) is 0 Å². The maximum absolute atomic E-state index is 12.1. The second kappa shape index (κ2) is 6.35. The van der Waals surface area contributed by atoms with Crippen molar-refractivity contribution in [3.63, 3.8) is 0 Å². The minimum atomic E-state index is 0.107. The van der Waals surface area contributed by atoms with Gasteiger partial charge in [0, 0.05) is 39.4 Å². The van der Waals surface area contributed by atoms with E-state index in [1.165, 1.54) is 0 Å². The monoisotopic (exact) mass is 318 g/mol. The Hall–Kier alpha value is -1.82. The number of likely N-dealkylation sites (N-methyl/N-ethyl adjacent to an activating group) is 1. The summed E-state index contributed by atoms with van der Waals surface area (Å²) in [6, 6.07) is 5.83. The lowest BCUT2D eigenvalue weighted by atomic mass is 9.75. The Labute approximate surface area is 138 Å². The minimum Gasteiger partial charge on any atom is -0.477 e. The van der Waals surface area contributed by atoms with E-state index in [1.54, 1.807) is 25.2 Å². The van der Waals surface area contributed by atoms with Crippen molar-refractivity contribution in [2.45, 2.75) is 18.4 Å². The number of nitrogens with zero attached hydrogens (tertiary/aromatic N) is 4. The van der Waals surface area contributed by atoms with Crippen LogP contribution in [0.1, 0.15) is 12.8 Å². The van der Waals surface area contributed by atoms with Gasteiger partial charge in [-0.1, -0.05) is 6.07 Å². The molecular weight excluding hydrogens is 292 g/mol. The van der Waals surface area contributed by atoms with Crippen LogP contribution in [0.4, 0.5) is 4.79 Å². The largest absolute Gasteiger partial charge is 0.477 e. The number of carbonyl (C=O) groups excluding carboxylic acids is 1. The first-order valence-electron chi connectivity index (χ1n) is 8.21. The number of urea groups is 1. The van der Waals surface area contributed by atoms with E-state index in [4.69, 9.17) is 4.74 Å². The Bertz CT molecular complexity index is 543. The number of amides is 2. The van der Waals surface area contributed by atoms with Gasteiger partial charge in [-0.05, 0) is 38.4 Å². The fourth-order valence-corrected chi connectivity index (χ4v) is 3.64. The van der Waals surface area contributed by atoms with Gasteiger partial charge in [-0.2, -0.15) is 0 Å². The van der Waals surface area contributed by atoms with E-state index < -0.39 is 0 Å². The first-order chi connectivity index (χ1) is 11.0. The van der Waals surface area contributed by atoms with Crippen LogP contribution in [0.5, 0.6) is 5.88 Å². The molecule has 1 aromatic heterocycles. The van der Waals surface area contributed by atoms with E-state index in [2.05, 4.69) is 16.9 Å². The van der Waals surface area contributed by atoms with Gasteiger partial charge in [0.15, 0.2) is 0 Å². The van der Waals surface area contributed by atoms with Gasteiger partial charge < -0.3 is 14.5 Å². The topological polar surface area (TPSA) is 48.9 Å². The predicted octanol–water partition coefficient (Wildman–Crippen LogP) is 1.54. The highest BCUT2D eigenvalue weighted by atomic mass is 16.5. The van der Waals surface area contributed by atoms with Crippen LogP contribution in [0.25, 0.3) is 0 Å². The maximum Gasteiger partial charge on any atom is 0.319 e. The summed E-state index contributed by atoms with van der Waals surface area (Å²) < 4.78 is 5.84. The molecule has 1 spiro atoms. The zero-order valence-electron chi connectivity index (χ0n) is 14.2. The quantitative estimate of drug-likeness (QED) is 0.848. The summed E-state index contributed by atoms with van der Waals surface area (Å²) in [5, 5.41) is 0. The summed E-state index contributed by atoms with van der Waals surface area (Å²) in [6.45, 7) is 3.40. The molecule has 3 rings (SSSR count). The van der Waals surface area contributed by atoms with E-state index in [0.29, 0.717) is 18.4 Å². The van der Waals surface area contributed by atoms with Crippen molar-refractivity contribution in [3.8, 4) is 5.88 Å². The van der Waals surface area contributed by atoms with Crippen LogP contribution in [-0.4, -0.2) is 78.6 Å². The third-order valence-electron chi connectivity index (χ3n) is 5.08. The molecule has 2 saturated heterocycles. The molecule has 0 saturated carbocycles. The molecule has 126 valence electrons. The van der Waals surface area contributed by atoms with Crippen molar-refractivity contribution in [2.75, 3.05) is 47.4 Å². The van der Waals surface area contributed by atoms with E-state index in [0.717, 1.165) is 32.5 Å². The minimum absolute atomic E-state index is 0.107. The molecule has 1 aromatic rings. The molecule has 3 heterocycles. The van der Waals surface area contributed by atoms with Gasteiger partial charge in [-0.15, -0.1) is 0 Å². The lowest BCUT2D eigenvalue weighted by Gasteiger charge is -2.58. The molecule has 6 nitrogen and oxygen atoms in total. The Morgan fingerprint density at radius 2 is 2.22 bits per heavy atom. The number of aromatic nitrogens is 1. The normalized spacial score (nSPS) is 23.4. The van der Waals surface area contributed by atoms with E-state index in [1.807, 2.05) is 23.1 Å². The summed E-state index contributed by atoms with van der Waals surface area (Å²) in [5.41, 5.74) is 0.127. The number of hydrogen-bond donors (Lipinski definition) is 0. The van der Waals surface area contributed by atoms with Gasteiger partial charge in [0.2, 0.25) is 5.88 Å². The van der Waals surface area contributed by atoms with E-state index in [9.17, 15) is 4.79 Å². The highest BCUT2D eigenvalue weighted by Crippen LogP contribution is 2.38. The number of ether oxygens (including phenoxy) is 1. The summed E-state index contributed by atoms with van der Waals surface area (Å²) in [7, 11) is 5.79. The molecule has 0 N–H and O–H groups in total. The predicted molar refractivity (Wildman–Crippen MR) is 88.5 cm³/mol. The zero-order chi connectivity index (χ0) is 16.4. The van der Waals surface area contributed by atoms with Crippen LogP contribution in [0, 0.1) is 5.92 Å². The molecule has 2 aliphatic rings. The standard InChI is InChI=1S/C17H26N4O2/c1-19(2)16(22)21-12-17(13-21)10-14(7-9-20(17)3)11-23-15-6-4-5-8-18-15/h4-6,8,14H,7,9-13H2,1-3H3. The van der Waals surface area contributed by atoms with Crippen LogP contribution < -0.4 is 4.74 Å². The van der Waals surface area contributed by atoms with E-state index >= 15 is 0 Å². The molecule has 2 aliphatic heterocycles. The SMILES string of the molecule is CN(C)C(=O)N1CC2(CC(COc3ccccn3)CCN2C)C1. The number of rotatable bonds is 3. The average Bonchev–Trinajstić information content (AvgIpc) is 2.52.